The highest BCUT2D eigenvalue weighted by molar-refractivity contribution is 9.10. The van der Waals surface area contributed by atoms with E-state index in [1.165, 1.54) is 7.11 Å². The molecule has 0 fully saturated rings. The topological polar surface area (TPSA) is 46.5 Å². The molecule has 0 bridgehead atoms. The molecule has 0 aliphatic heterocycles. The molecule has 1 aromatic rings. The molecule has 0 atom stereocenters. The molecule has 0 unspecified atom stereocenters. The van der Waals surface area contributed by atoms with Gasteiger partial charge in [0.25, 0.3) is 0 Å². The monoisotopic (exact) mass is 258 g/mol. The van der Waals surface area contributed by atoms with Crippen molar-refractivity contribution in [3.8, 4) is 5.75 Å². The summed E-state index contributed by atoms with van der Waals surface area (Å²) in [6.45, 7) is 1.90. The van der Waals surface area contributed by atoms with Gasteiger partial charge in [-0.3, -0.25) is 0 Å². The van der Waals surface area contributed by atoms with E-state index in [-0.39, 0.29) is 0 Å². The summed E-state index contributed by atoms with van der Waals surface area (Å²) in [6, 6.07) is 3.26. The highest BCUT2D eigenvalue weighted by Gasteiger charge is 2.15. The van der Waals surface area contributed by atoms with Gasteiger partial charge in [0.05, 0.1) is 17.1 Å². The zero-order chi connectivity index (χ0) is 10.7. The lowest BCUT2D eigenvalue weighted by Gasteiger charge is -2.11. The van der Waals surface area contributed by atoms with E-state index in [2.05, 4.69) is 15.9 Å². The fraction of sp³-hybridized carbons (Fsp3) is 0.300. The number of hydrogen-bond acceptors (Lipinski definition) is 2. The van der Waals surface area contributed by atoms with Crippen molar-refractivity contribution in [3.63, 3.8) is 0 Å². The minimum absolute atomic E-state index is 0.299. The summed E-state index contributed by atoms with van der Waals surface area (Å²) in [4.78, 5) is 10.9. The van der Waals surface area contributed by atoms with Crippen LogP contribution in [0.25, 0.3) is 0 Å². The number of methoxy groups -OCH3 is 1. The van der Waals surface area contributed by atoms with Crippen LogP contribution in [-0.4, -0.2) is 18.2 Å². The van der Waals surface area contributed by atoms with Gasteiger partial charge in [-0.25, -0.2) is 4.79 Å². The quantitative estimate of drug-likeness (QED) is 0.907. The van der Waals surface area contributed by atoms with Gasteiger partial charge in [-0.2, -0.15) is 0 Å². The number of benzene rings is 1. The molecule has 76 valence electrons. The highest BCUT2D eigenvalue weighted by Crippen LogP contribution is 2.31. The van der Waals surface area contributed by atoms with E-state index in [0.29, 0.717) is 17.7 Å². The van der Waals surface area contributed by atoms with Crippen LogP contribution >= 0.6 is 15.9 Å². The van der Waals surface area contributed by atoms with E-state index < -0.39 is 5.97 Å². The van der Waals surface area contributed by atoms with Gasteiger partial charge in [0.1, 0.15) is 5.75 Å². The Morgan fingerprint density at radius 2 is 2.21 bits per heavy atom. The Labute approximate surface area is 90.8 Å². The number of rotatable bonds is 3. The van der Waals surface area contributed by atoms with Gasteiger partial charge in [-0.05, 0) is 34.5 Å². The maximum Gasteiger partial charge on any atom is 0.336 e. The summed E-state index contributed by atoms with van der Waals surface area (Å²) in [7, 11) is 1.53. The summed E-state index contributed by atoms with van der Waals surface area (Å²) in [5.74, 6) is -0.319. The molecule has 1 aromatic carbocycles. The predicted octanol–water partition coefficient (Wildman–Crippen LogP) is 2.72. The van der Waals surface area contributed by atoms with E-state index in [1.54, 1.807) is 12.1 Å². The average Bonchev–Trinajstić information content (AvgIpc) is 2.16. The smallest absolute Gasteiger partial charge is 0.336 e. The normalized spacial score (nSPS) is 9.93. The number of ether oxygens (including phenoxy) is 1. The van der Waals surface area contributed by atoms with E-state index in [0.717, 1.165) is 10.0 Å². The molecule has 0 spiro atoms. The summed E-state index contributed by atoms with van der Waals surface area (Å²) < 4.78 is 5.93. The average molecular weight is 259 g/mol. The van der Waals surface area contributed by atoms with E-state index in [1.807, 2.05) is 6.92 Å². The lowest BCUT2D eigenvalue weighted by Crippen LogP contribution is -2.04. The van der Waals surface area contributed by atoms with Gasteiger partial charge >= 0.3 is 5.97 Å². The van der Waals surface area contributed by atoms with Crippen LogP contribution in [0.2, 0.25) is 0 Å². The molecular weight excluding hydrogens is 248 g/mol. The van der Waals surface area contributed by atoms with Gasteiger partial charge in [0, 0.05) is 5.56 Å². The predicted molar refractivity (Wildman–Crippen MR) is 57.0 cm³/mol. The molecule has 0 saturated carbocycles. The van der Waals surface area contributed by atoms with Crippen molar-refractivity contribution in [2.45, 2.75) is 13.3 Å². The molecular formula is C10H11BrO3. The first-order valence-electron chi connectivity index (χ1n) is 4.20. The van der Waals surface area contributed by atoms with Crippen molar-refractivity contribution in [1.82, 2.24) is 0 Å². The Hall–Kier alpha value is -1.03. The number of halogens is 1. The fourth-order valence-electron chi connectivity index (χ4n) is 1.37. The Balaban J connectivity index is 3.40. The second kappa shape index (κ2) is 4.46. The molecule has 0 aliphatic carbocycles. The number of carbonyl (C=O) groups is 1. The third-order valence-electron chi connectivity index (χ3n) is 2.00. The van der Waals surface area contributed by atoms with Crippen molar-refractivity contribution in [3.05, 3.63) is 27.7 Å². The zero-order valence-corrected chi connectivity index (χ0v) is 9.59. The first-order chi connectivity index (χ1) is 6.61. The van der Waals surface area contributed by atoms with Crippen LogP contribution in [-0.2, 0) is 6.42 Å². The molecule has 1 rings (SSSR count). The van der Waals surface area contributed by atoms with Crippen LogP contribution in [0.1, 0.15) is 22.8 Å². The standard InChI is InChI=1S/C10H11BrO3/c1-3-6-7(10(12)13)4-5-8(11)9(6)14-2/h4-5H,3H2,1-2H3,(H,12,13). The third-order valence-corrected chi connectivity index (χ3v) is 2.62. The Morgan fingerprint density at radius 1 is 1.57 bits per heavy atom. The molecule has 4 heteroatoms. The van der Waals surface area contributed by atoms with Crippen LogP contribution < -0.4 is 4.74 Å². The van der Waals surface area contributed by atoms with Gasteiger partial charge in [-0.15, -0.1) is 0 Å². The summed E-state index contributed by atoms with van der Waals surface area (Å²) in [6.07, 6.45) is 0.629. The molecule has 0 amide bonds. The Morgan fingerprint density at radius 3 is 2.64 bits per heavy atom. The van der Waals surface area contributed by atoms with Gasteiger partial charge in [0.15, 0.2) is 0 Å². The van der Waals surface area contributed by atoms with Gasteiger partial charge in [0.2, 0.25) is 0 Å². The molecule has 0 saturated heterocycles. The van der Waals surface area contributed by atoms with Crippen molar-refractivity contribution in [1.29, 1.82) is 0 Å². The van der Waals surface area contributed by atoms with Crippen LogP contribution in [0.15, 0.2) is 16.6 Å². The Kier molecular flexibility index (Phi) is 3.52. The van der Waals surface area contributed by atoms with Crippen LogP contribution in [0.3, 0.4) is 0 Å². The molecule has 3 nitrogen and oxygen atoms in total. The first kappa shape index (κ1) is 11.0. The lowest BCUT2D eigenvalue weighted by molar-refractivity contribution is 0.0695. The highest BCUT2D eigenvalue weighted by atomic mass is 79.9. The molecule has 0 heterocycles. The SMILES string of the molecule is CCc1c(C(=O)O)ccc(Br)c1OC. The van der Waals surface area contributed by atoms with E-state index in [4.69, 9.17) is 9.84 Å². The molecule has 0 aromatic heterocycles. The molecule has 0 radical (unpaired) electrons. The van der Waals surface area contributed by atoms with Crippen LogP contribution in [0, 0.1) is 0 Å². The van der Waals surface area contributed by atoms with Gasteiger partial charge < -0.3 is 9.84 Å². The maximum atomic E-state index is 10.9. The van der Waals surface area contributed by atoms with Crippen LogP contribution in [0.5, 0.6) is 5.75 Å². The first-order valence-corrected chi connectivity index (χ1v) is 4.99. The minimum atomic E-state index is -0.923. The van der Waals surface area contributed by atoms with Gasteiger partial charge in [-0.1, -0.05) is 6.92 Å². The number of aromatic carboxylic acids is 1. The maximum absolute atomic E-state index is 10.9. The number of carboxylic acid groups (broad SMARTS) is 1. The molecule has 1 N–H and O–H groups in total. The second-order valence-electron chi connectivity index (χ2n) is 2.77. The van der Waals surface area contributed by atoms with Crippen molar-refractivity contribution in [2.75, 3.05) is 7.11 Å². The lowest BCUT2D eigenvalue weighted by atomic mass is 10.0. The summed E-state index contributed by atoms with van der Waals surface area (Å²) >= 11 is 3.31. The minimum Gasteiger partial charge on any atom is -0.495 e. The fourth-order valence-corrected chi connectivity index (χ4v) is 1.90. The zero-order valence-electron chi connectivity index (χ0n) is 8.00. The molecule has 14 heavy (non-hydrogen) atoms. The van der Waals surface area contributed by atoms with Crippen molar-refractivity contribution >= 4 is 21.9 Å². The second-order valence-corrected chi connectivity index (χ2v) is 3.62. The number of carboxylic acids is 1. The van der Waals surface area contributed by atoms with Crippen LogP contribution in [0.4, 0.5) is 0 Å². The summed E-state index contributed by atoms with van der Waals surface area (Å²) in [5, 5.41) is 8.94. The Bertz CT molecular complexity index is 361. The van der Waals surface area contributed by atoms with Crippen molar-refractivity contribution in [2.24, 2.45) is 0 Å². The third kappa shape index (κ3) is 1.90. The van der Waals surface area contributed by atoms with E-state index in [9.17, 15) is 4.79 Å². The van der Waals surface area contributed by atoms with E-state index >= 15 is 0 Å². The largest absolute Gasteiger partial charge is 0.495 e. The molecule has 0 aliphatic rings. The summed E-state index contributed by atoms with van der Waals surface area (Å²) in [5.41, 5.74) is 1.02. The van der Waals surface area contributed by atoms with Crippen molar-refractivity contribution < 1.29 is 14.6 Å². The number of hydrogen-bond donors (Lipinski definition) is 1.